The lowest BCUT2D eigenvalue weighted by Crippen LogP contribution is -2.24. The number of H-pyrrole nitrogens is 1. The van der Waals surface area contributed by atoms with Gasteiger partial charge in [0.25, 0.3) is 11.5 Å². The summed E-state index contributed by atoms with van der Waals surface area (Å²) in [5.74, 6) is -1.18. The van der Waals surface area contributed by atoms with Crippen LogP contribution in [0.3, 0.4) is 0 Å². The van der Waals surface area contributed by atoms with Gasteiger partial charge in [-0.25, -0.2) is 0 Å². The Morgan fingerprint density at radius 3 is 2.90 bits per heavy atom. The van der Waals surface area contributed by atoms with E-state index < -0.39 is 23.4 Å². The fraction of sp³-hybridized carbons (Fsp3) is 0.235. The van der Waals surface area contributed by atoms with E-state index in [1.807, 2.05) is 0 Å². The van der Waals surface area contributed by atoms with Crippen LogP contribution in [-0.2, 0) is 0 Å². The van der Waals surface area contributed by atoms with Crippen LogP contribution in [-0.4, -0.2) is 48.9 Å². The highest BCUT2D eigenvalue weighted by atomic mass is 35.5. The summed E-state index contributed by atoms with van der Waals surface area (Å²) in [5, 5.41) is 25.5. The van der Waals surface area contributed by atoms with E-state index in [1.54, 1.807) is 13.8 Å². The SMILES string of the molecule is Cc1nccc(Cl)c1NC(=O)c1sc(Nc2s[nH]c(=O)c2C(N)=NC(C)CO)nc1O. The number of aromatic nitrogens is 3. The lowest BCUT2D eigenvalue weighted by molar-refractivity contribution is 0.102. The first-order chi connectivity index (χ1) is 14.7. The molecular weight excluding hydrogens is 466 g/mol. The summed E-state index contributed by atoms with van der Waals surface area (Å²) in [4.78, 5) is 36.7. The number of aromatic hydroxyl groups is 1. The van der Waals surface area contributed by atoms with E-state index in [0.717, 1.165) is 22.9 Å². The number of anilines is 3. The largest absolute Gasteiger partial charge is 0.492 e. The number of carbonyl (C=O) groups excluding carboxylic acids is 1. The number of aliphatic hydroxyl groups is 1. The zero-order valence-electron chi connectivity index (χ0n) is 16.3. The van der Waals surface area contributed by atoms with Crippen molar-refractivity contribution in [3.05, 3.63) is 43.8 Å². The van der Waals surface area contributed by atoms with Crippen LogP contribution in [0.15, 0.2) is 22.1 Å². The number of hydrogen-bond acceptors (Lipinski definition) is 10. The van der Waals surface area contributed by atoms with Crippen molar-refractivity contribution in [2.45, 2.75) is 19.9 Å². The molecule has 0 saturated carbocycles. The van der Waals surface area contributed by atoms with Gasteiger partial charge in [0.05, 0.1) is 29.1 Å². The molecule has 31 heavy (non-hydrogen) atoms. The summed E-state index contributed by atoms with van der Waals surface area (Å²) in [7, 11) is 0. The second-order valence-corrected chi connectivity index (χ2v) is 8.51. The quantitative estimate of drug-likeness (QED) is 0.218. The lowest BCUT2D eigenvalue weighted by atomic mass is 10.3. The maximum absolute atomic E-state index is 12.6. The number of nitrogens with two attached hydrogens (primary N) is 1. The monoisotopic (exact) mass is 483 g/mol. The molecule has 3 aromatic rings. The number of amidine groups is 1. The standard InChI is InChI=1S/C17H18ClN7O4S2/c1-6(5-26)21-12(19)9-13(27)25-31-16(9)24-17-23-15(29)11(30-17)14(28)22-10-7(2)20-4-3-8(10)18/h3-4,6,26,29H,5H2,1-2H3,(H2,19,21)(H,22,28)(H,23,24)(H,25,27). The van der Waals surface area contributed by atoms with Crippen molar-refractivity contribution in [3.63, 3.8) is 0 Å². The Labute approximate surface area is 188 Å². The number of carbonyl (C=O) groups is 1. The van der Waals surface area contributed by atoms with Crippen molar-refractivity contribution in [2.24, 2.45) is 10.7 Å². The normalized spacial score (nSPS) is 12.6. The maximum Gasteiger partial charge on any atom is 0.271 e. The van der Waals surface area contributed by atoms with Gasteiger partial charge in [0, 0.05) is 6.20 Å². The Morgan fingerprint density at radius 2 is 2.23 bits per heavy atom. The first-order valence-electron chi connectivity index (χ1n) is 8.76. The molecule has 0 radical (unpaired) electrons. The minimum absolute atomic E-state index is 0.0630. The third-order valence-corrected chi connectivity index (χ3v) is 6.02. The van der Waals surface area contributed by atoms with Crippen LogP contribution in [0.25, 0.3) is 0 Å². The summed E-state index contributed by atoms with van der Waals surface area (Å²) < 4.78 is 2.53. The highest BCUT2D eigenvalue weighted by molar-refractivity contribution is 7.18. The van der Waals surface area contributed by atoms with Gasteiger partial charge < -0.3 is 26.6 Å². The molecule has 7 N–H and O–H groups in total. The molecular formula is C17H18ClN7O4S2. The number of halogens is 1. The number of aryl methyl sites for hydroxylation is 1. The molecule has 0 aliphatic rings. The van der Waals surface area contributed by atoms with Gasteiger partial charge in [-0.2, -0.15) is 4.98 Å². The Bertz CT molecular complexity index is 1180. The molecule has 14 heteroatoms. The number of aromatic amines is 1. The number of aliphatic imine (C=N–C) groups is 1. The molecule has 3 aromatic heterocycles. The van der Waals surface area contributed by atoms with Crippen LogP contribution < -0.4 is 21.9 Å². The predicted octanol–water partition coefficient (Wildman–Crippen LogP) is 2.04. The minimum atomic E-state index is -0.624. The highest BCUT2D eigenvalue weighted by Crippen LogP contribution is 2.33. The fourth-order valence-corrected chi connectivity index (χ4v) is 4.24. The van der Waals surface area contributed by atoms with E-state index in [9.17, 15) is 14.7 Å². The number of hydrogen-bond donors (Lipinski definition) is 6. The molecule has 11 nitrogen and oxygen atoms in total. The molecule has 0 spiro atoms. The van der Waals surface area contributed by atoms with E-state index in [-0.39, 0.29) is 28.0 Å². The smallest absolute Gasteiger partial charge is 0.271 e. The van der Waals surface area contributed by atoms with Crippen LogP contribution in [0.2, 0.25) is 5.02 Å². The van der Waals surface area contributed by atoms with E-state index in [4.69, 9.17) is 22.4 Å². The van der Waals surface area contributed by atoms with Crippen molar-refractivity contribution in [1.82, 2.24) is 14.3 Å². The van der Waals surface area contributed by atoms with Gasteiger partial charge in [0.2, 0.25) is 5.88 Å². The number of rotatable bonds is 7. The predicted molar refractivity (Wildman–Crippen MR) is 121 cm³/mol. The van der Waals surface area contributed by atoms with Crippen LogP contribution in [0, 0.1) is 6.92 Å². The average Bonchev–Trinajstić information content (AvgIpc) is 3.26. The summed E-state index contributed by atoms with van der Waals surface area (Å²) in [6.07, 6.45) is 1.51. The van der Waals surface area contributed by atoms with Gasteiger partial charge in [-0.05, 0) is 31.4 Å². The first-order valence-corrected chi connectivity index (χ1v) is 10.8. The molecule has 0 aromatic carbocycles. The average molecular weight is 484 g/mol. The molecule has 0 fully saturated rings. The summed E-state index contributed by atoms with van der Waals surface area (Å²) >= 11 is 7.91. The van der Waals surface area contributed by atoms with Crippen LogP contribution in [0.1, 0.15) is 27.9 Å². The fourth-order valence-electron chi connectivity index (χ4n) is 2.43. The van der Waals surface area contributed by atoms with Crippen LogP contribution >= 0.6 is 34.5 Å². The van der Waals surface area contributed by atoms with Crippen molar-refractivity contribution in [2.75, 3.05) is 17.2 Å². The molecule has 164 valence electrons. The van der Waals surface area contributed by atoms with E-state index in [2.05, 4.69) is 30.0 Å². The van der Waals surface area contributed by atoms with Gasteiger partial charge in [-0.15, -0.1) is 0 Å². The van der Waals surface area contributed by atoms with Crippen molar-refractivity contribution in [3.8, 4) is 5.88 Å². The molecule has 0 aliphatic carbocycles. The van der Waals surface area contributed by atoms with Crippen molar-refractivity contribution in [1.29, 1.82) is 0 Å². The maximum atomic E-state index is 12.6. The Hall–Kier alpha value is -3.00. The topological polar surface area (TPSA) is 179 Å². The highest BCUT2D eigenvalue weighted by Gasteiger charge is 2.22. The summed E-state index contributed by atoms with van der Waals surface area (Å²) in [6, 6.07) is 1.04. The molecule has 1 amide bonds. The summed E-state index contributed by atoms with van der Waals surface area (Å²) in [6.45, 7) is 3.09. The first kappa shape index (κ1) is 22.7. The number of aliphatic hydroxyl groups excluding tert-OH is 1. The van der Waals surface area contributed by atoms with Gasteiger partial charge in [0.1, 0.15) is 16.4 Å². The van der Waals surface area contributed by atoms with E-state index in [0.29, 0.717) is 21.4 Å². The second kappa shape index (κ2) is 9.43. The van der Waals surface area contributed by atoms with Gasteiger partial charge >= 0.3 is 0 Å². The Morgan fingerprint density at radius 1 is 1.48 bits per heavy atom. The molecule has 0 aliphatic heterocycles. The molecule has 1 atom stereocenters. The van der Waals surface area contributed by atoms with Crippen LogP contribution in [0.5, 0.6) is 5.88 Å². The molecule has 0 bridgehead atoms. The lowest BCUT2D eigenvalue weighted by Gasteiger charge is -2.08. The molecule has 3 rings (SSSR count). The van der Waals surface area contributed by atoms with Crippen molar-refractivity contribution >= 4 is 62.0 Å². The van der Waals surface area contributed by atoms with E-state index >= 15 is 0 Å². The third kappa shape index (κ3) is 5.02. The third-order valence-electron chi connectivity index (χ3n) is 3.94. The number of nitrogens with zero attached hydrogens (tertiary/aromatic N) is 3. The van der Waals surface area contributed by atoms with Gasteiger partial charge in [-0.3, -0.25) is 23.9 Å². The number of pyridine rings is 1. The number of thiazole rings is 1. The van der Waals surface area contributed by atoms with Crippen molar-refractivity contribution < 1.29 is 15.0 Å². The molecule has 1 unspecified atom stereocenters. The van der Waals surface area contributed by atoms with E-state index in [1.165, 1.54) is 12.3 Å². The van der Waals surface area contributed by atoms with Gasteiger partial charge in [-0.1, -0.05) is 22.9 Å². The van der Waals surface area contributed by atoms with Crippen LogP contribution in [0.4, 0.5) is 15.8 Å². The summed E-state index contributed by atoms with van der Waals surface area (Å²) in [5.41, 5.74) is 6.34. The minimum Gasteiger partial charge on any atom is -0.492 e. The molecule has 0 saturated heterocycles. The Kier molecular flexibility index (Phi) is 6.90. The number of nitrogens with one attached hydrogen (secondary N) is 3. The zero-order chi connectivity index (χ0) is 22.7. The van der Waals surface area contributed by atoms with Gasteiger partial charge in [0.15, 0.2) is 10.0 Å². The number of amides is 1. The Balaban J connectivity index is 1.85. The zero-order valence-corrected chi connectivity index (χ0v) is 18.7. The second-order valence-electron chi connectivity index (χ2n) is 6.29. The molecule has 3 heterocycles.